The second-order valence-corrected chi connectivity index (χ2v) is 6.88. The molecular formula is C19H29N3O3. The minimum Gasteiger partial charge on any atom is -0.378 e. The highest BCUT2D eigenvalue weighted by Crippen LogP contribution is 2.19. The number of ether oxygens (including phenoxy) is 1. The van der Waals surface area contributed by atoms with Crippen molar-refractivity contribution in [2.24, 2.45) is 5.92 Å². The topological polar surface area (TPSA) is 61.9 Å². The summed E-state index contributed by atoms with van der Waals surface area (Å²) in [4.78, 5) is 27.9. The number of likely N-dealkylation sites (N-methyl/N-ethyl adjacent to an activating group) is 1. The molecule has 0 aliphatic carbocycles. The van der Waals surface area contributed by atoms with Crippen LogP contribution in [0.3, 0.4) is 0 Å². The molecule has 1 aliphatic heterocycles. The third-order valence-corrected chi connectivity index (χ3v) is 4.27. The van der Waals surface area contributed by atoms with Crippen LogP contribution in [0.4, 0.5) is 11.4 Å². The third kappa shape index (κ3) is 6.38. The quantitative estimate of drug-likeness (QED) is 0.822. The zero-order chi connectivity index (χ0) is 18.2. The Morgan fingerprint density at radius 1 is 1.20 bits per heavy atom. The number of nitrogens with one attached hydrogen (secondary N) is 1. The first kappa shape index (κ1) is 19.2. The Balaban J connectivity index is 1.80. The fourth-order valence-corrected chi connectivity index (χ4v) is 2.68. The summed E-state index contributed by atoms with van der Waals surface area (Å²) in [5, 5.41) is 2.85. The van der Waals surface area contributed by atoms with Crippen molar-refractivity contribution in [3.63, 3.8) is 0 Å². The fourth-order valence-electron chi connectivity index (χ4n) is 2.68. The minimum atomic E-state index is -0.181. The van der Waals surface area contributed by atoms with E-state index in [1.807, 2.05) is 24.3 Å². The summed E-state index contributed by atoms with van der Waals surface area (Å²) in [6.45, 7) is 7.50. The number of carbonyl (C=O) groups excluding carboxylic acids is 2. The molecule has 0 saturated carbocycles. The van der Waals surface area contributed by atoms with E-state index in [1.54, 1.807) is 7.05 Å². The summed E-state index contributed by atoms with van der Waals surface area (Å²) in [7, 11) is 1.67. The predicted octanol–water partition coefficient (Wildman–Crippen LogP) is 2.36. The lowest BCUT2D eigenvalue weighted by atomic mass is 10.1. The summed E-state index contributed by atoms with van der Waals surface area (Å²) < 4.78 is 5.35. The molecule has 25 heavy (non-hydrogen) atoms. The van der Waals surface area contributed by atoms with Crippen LogP contribution in [0.25, 0.3) is 0 Å². The molecule has 0 unspecified atom stereocenters. The molecule has 0 bridgehead atoms. The zero-order valence-electron chi connectivity index (χ0n) is 15.5. The Labute approximate surface area is 150 Å². The van der Waals surface area contributed by atoms with Crippen LogP contribution in [0.15, 0.2) is 24.3 Å². The Morgan fingerprint density at radius 2 is 1.84 bits per heavy atom. The molecule has 1 aliphatic rings. The molecule has 0 radical (unpaired) electrons. The molecule has 0 atom stereocenters. The van der Waals surface area contributed by atoms with Crippen molar-refractivity contribution in [1.82, 2.24) is 4.90 Å². The first-order valence-corrected chi connectivity index (χ1v) is 8.92. The van der Waals surface area contributed by atoms with Gasteiger partial charge in [-0.05, 0) is 36.6 Å². The molecule has 6 heteroatoms. The van der Waals surface area contributed by atoms with Crippen LogP contribution in [-0.2, 0) is 14.3 Å². The highest BCUT2D eigenvalue weighted by Gasteiger charge is 2.14. The highest BCUT2D eigenvalue weighted by molar-refractivity contribution is 5.94. The average molecular weight is 347 g/mol. The molecular weight excluding hydrogens is 318 g/mol. The Hall–Kier alpha value is -2.08. The van der Waals surface area contributed by atoms with E-state index in [0.29, 0.717) is 12.3 Å². The van der Waals surface area contributed by atoms with Gasteiger partial charge in [-0.3, -0.25) is 9.59 Å². The smallest absolute Gasteiger partial charge is 0.243 e. The van der Waals surface area contributed by atoms with Gasteiger partial charge in [-0.15, -0.1) is 0 Å². The van der Waals surface area contributed by atoms with E-state index in [0.717, 1.165) is 44.1 Å². The van der Waals surface area contributed by atoms with E-state index in [9.17, 15) is 9.59 Å². The molecule has 0 spiro atoms. The highest BCUT2D eigenvalue weighted by atomic mass is 16.5. The number of benzene rings is 1. The number of amides is 2. The Bertz CT molecular complexity index is 566. The van der Waals surface area contributed by atoms with Gasteiger partial charge in [0.15, 0.2) is 0 Å². The number of morpholine rings is 1. The van der Waals surface area contributed by atoms with Gasteiger partial charge >= 0.3 is 0 Å². The van der Waals surface area contributed by atoms with Crippen molar-refractivity contribution < 1.29 is 14.3 Å². The van der Waals surface area contributed by atoms with Crippen LogP contribution in [0.1, 0.15) is 26.7 Å². The molecule has 1 aromatic rings. The SMILES string of the molecule is CC(C)CCC(=O)N(C)CC(=O)Nc1ccc(N2CCOCC2)cc1. The number of hydrogen-bond donors (Lipinski definition) is 1. The summed E-state index contributed by atoms with van der Waals surface area (Å²) in [6.07, 6.45) is 1.32. The van der Waals surface area contributed by atoms with Crippen LogP contribution in [0, 0.1) is 5.92 Å². The number of rotatable bonds is 7. The van der Waals surface area contributed by atoms with E-state index < -0.39 is 0 Å². The standard InChI is InChI=1S/C19H29N3O3/c1-15(2)4-9-19(24)21(3)14-18(23)20-16-5-7-17(8-6-16)22-10-12-25-13-11-22/h5-8,15H,4,9-14H2,1-3H3,(H,20,23). The molecule has 6 nitrogen and oxygen atoms in total. The number of anilines is 2. The van der Waals surface area contributed by atoms with Gasteiger partial charge in [-0.2, -0.15) is 0 Å². The summed E-state index contributed by atoms with van der Waals surface area (Å²) in [5.74, 6) is 0.308. The minimum absolute atomic E-state index is 0.00603. The van der Waals surface area contributed by atoms with Crippen LogP contribution >= 0.6 is 0 Å². The predicted molar refractivity (Wildman–Crippen MR) is 99.8 cm³/mol. The molecule has 1 saturated heterocycles. The van der Waals surface area contributed by atoms with Crippen molar-refractivity contribution in [3.8, 4) is 0 Å². The van der Waals surface area contributed by atoms with Crippen LogP contribution < -0.4 is 10.2 Å². The van der Waals surface area contributed by atoms with E-state index in [4.69, 9.17) is 4.74 Å². The summed E-state index contributed by atoms with van der Waals surface area (Å²) >= 11 is 0. The van der Waals surface area contributed by atoms with Gasteiger partial charge in [0.2, 0.25) is 11.8 Å². The van der Waals surface area contributed by atoms with Crippen LogP contribution in [0.5, 0.6) is 0 Å². The maximum absolute atomic E-state index is 12.1. The van der Waals surface area contributed by atoms with Gasteiger partial charge in [-0.1, -0.05) is 13.8 Å². The molecule has 138 valence electrons. The van der Waals surface area contributed by atoms with Crippen molar-refractivity contribution in [1.29, 1.82) is 0 Å². The lowest BCUT2D eigenvalue weighted by molar-refractivity contribution is -0.133. The molecule has 2 amide bonds. The van der Waals surface area contributed by atoms with Crippen molar-refractivity contribution >= 4 is 23.2 Å². The van der Waals surface area contributed by atoms with Crippen LogP contribution in [-0.4, -0.2) is 56.6 Å². The van der Waals surface area contributed by atoms with Crippen molar-refractivity contribution in [3.05, 3.63) is 24.3 Å². The summed E-state index contributed by atoms with van der Waals surface area (Å²) in [5.41, 5.74) is 1.87. The lowest BCUT2D eigenvalue weighted by Crippen LogP contribution is -2.36. The second-order valence-electron chi connectivity index (χ2n) is 6.88. The zero-order valence-corrected chi connectivity index (χ0v) is 15.5. The third-order valence-electron chi connectivity index (χ3n) is 4.27. The number of carbonyl (C=O) groups is 2. The number of nitrogens with zero attached hydrogens (tertiary/aromatic N) is 2. The van der Waals surface area contributed by atoms with Gasteiger partial charge in [0.1, 0.15) is 0 Å². The van der Waals surface area contributed by atoms with Crippen molar-refractivity contribution in [2.75, 3.05) is 50.1 Å². The van der Waals surface area contributed by atoms with Gasteiger partial charge in [0.25, 0.3) is 0 Å². The van der Waals surface area contributed by atoms with E-state index >= 15 is 0 Å². The summed E-state index contributed by atoms with van der Waals surface area (Å²) in [6, 6.07) is 7.78. The Kier molecular flexibility index (Phi) is 7.25. The van der Waals surface area contributed by atoms with Gasteiger partial charge < -0.3 is 19.9 Å². The van der Waals surface area contributed by atoms with Crippen molar-refractivity contribution in [2.45, 2.75) is 26.7 Å². The van der Waals surface area contributed by atoms with E-state index in [-0.39, 0.29) is 18.4 Å². The van der Waals surface area contributed by atoms with E-state index in [2.05, 4.69) is 24.1 Å². The molecule has 1 N–H and O–H groups in total. The first-order valence-electron chi connectivity index (χ1n) is 8.92. The lowest BCUT2D eigenvalue weighted by Gasteiger charge is -2.28. The maximum atomic E-state index is 12.1. The largest absolute Gasteiger partial charge is 0.378 e. The van der Waals surface area contributed by atoms with Gasteiger partial charge in [-0.25, -0.2) is 0 Å². The molecule has 2 rings (SSSR count). The normalized spacial score (nSPS) is 14.5. The Morgan fingerprint density at radius 3 is 2.44 bits per heavy atom. The fraction of sp³-hybridized carbons (Fsp3) is 0.579. The monoisotopic (exact) mass is 347 g/mol. The van der Waals surface area contributed by atoms with E-state index in [1.165, 1.54) is 4.90 Å². The average Bonchev–Trinajstić information content (AvgIpc) is 2.60. The van der Waals surface area contributed by atoms with Gasteiger partial charge in [0, 0.05) is 37.9 Å². The molecule has 1 heterocycles. The second kappa shape index (κ2) is 9.42. The van der Waals surface area contributed by atoms with Gasteiger partial charge in [0.05, 0.1) is 19.8 Å². The van der Waals surface area contributed by atoms with Crippen LogP contribution in [0.2, 0.25) is 0 Å². The number of hydrogen-bond acceptors (Lipinski definition) is 4. The maximum Gasteiger partial charge on any atom is 0.243 e. The first-order chi connectivity index (χ1) is 12.0. The molecule has 0 aromatic heterocycles. The molecule has 1 aromatic carbocycles. The molecule has 1 fully saturated rings.